The number of nitrogens with one attached hydrogen (secondary N) is 1. The van der Waals surface area contributed by atoms with E-state index in [1.54, 1.807) is 0 Å². The number of hydrogen-bond donors (Lipinski definition) is 1. The number of rotatable bonds is 7. The van der Waals surface area contributed by atoms with Crippen LogP contribution in [0.1, 0.15) is 66.2 Å². The van der Waals surface area contributed by atoms with Crippen LogP contribution in [0.2, 0.25) is 0 Å². The summed E-state index contributed by atoms with van der Waals surface area (Å²) in [5, 5.41) is 3.78. The Kier molecular flexibility index (Phi) is 7.38. The molecular formula is C17H35NO. The van der Waals surface area contributed by atoms with Crippen molar-refractivity contribution < 1.29 is 4.74 Å². The lowest BCUT2D eigenvalue weighted by Crippen LogP contribution is -2.43. The van der Waals surface area contributed by atoms with Crippen molar-refractivity contribution in [1.82, 2.24) is 5.32 Å². The summed E-state index contributed by atoms with van der Waals surface area (Å²) in [7, 11) is 1.81. The maximum Gasteiger partial charge on any atom is 0.0462 e. The highest BCUT2D eigenvalue weighted by Crippen LogP contribution is 2.41. The molecule has 0 spiro atoms. The molecule has 19 heavy (non-hydrogen) atoms. The first-order valence-electron chi connectivity index (χ1n) is 8.21. The van der Waals surface area contributed by atoms with Crippen LogP contribution in [0.15, 0.2) is 0 Å². The van der Waals surface area contributed by atoms with Gasteiger partial charge in [-0.05, 0) is 62.3 Å². The Morgan fingerprint density at radius 3 is 2.53 bits per heavy atom. The molecule has 2 nitrogen and oxygen atoms in total. The zero-order chi connectivity index (χ0) is 14.3. The highest BCUT2D eigenvalue weighted by molar-refractivity contribution is 4.88. The summed E-state index contributed by atoms with van der Waals surface area (Å²) in [6.45, 7) is 11.6. The standard InChI is InChI=1S/C17H35NO/c1-6-11-18-16-10-9-15(17(2,3)4)13-14(16)8-7-12-19-5/h14-16,18H,6-13H2,1-5H3. The van der Waals surface area contributed by atoms with Crippen molar-refractivity contribution in [3.05, 3.63) is 0 Å². The van der Waals surface area contributed by atoms with E-state index in [9.17, 15) is 0 Å². The van der Waals surface area contributed by atoms with Crippen LogP contribution in [-0.2, 0) is 4.74 Å². The molecule has 0 aliphatic heterocycles. The van der Waals surface area contributed by atoms with E-state index in [-0.39, 0.29) is 0 Å². The minimum Gasteiger partial charge on any atom is -0.385 e. The lowest BCUT2D eigenvalue weighted by molar-refractivity contribution is 0.101. The molecule has 0 amide bonds. The first kappa shape index (κ1) is 17.0. The van der Waals surface area contributed by atoms with E-state index < -0.39 is 0 Å². The van der Waals surface area contributed by atoms with Crippen LogP contribution < -0.4 is 5.32 Å². The van der Waals surface area contributed by atoms with E-state index in [4.69, 9.17) is 4.74 Å². The summed E-state index contributed by atoms with van der Waals surface area (Å²) in [5.41, 5.74) is 0.467. The topological polar surface area (TPSA) is 21.3 Å². The van der Waals surface area contributed by atoms with Gasteiger partial charge in [0.1, 0.15) is 0 Å². The lowest BCUT2D eigenvalue weighted by Gasteiger charge is -2.42. The van der Waals surface area contributed by atoms with Gasteiger partial charge in [-0.3, -0.25) is 0 Å². The molecule has 0 bridgehead atoms. The fourth-order valence-electron chi connectivity index (χ4n) is 3.46. The van der Waals surface area contributed by atoms with E-state index >= 15 is 0 Å². The van der Waals surface area contributed by atoms with Gasteiger partial charge in [-0.25, -0.2) is 0 Å². The molecule has 1 saturated carbocycles. The van der Waals surface area contributed by atoms with Gasteiger partial charge < -0.3 is 10.1 Å². The minimum atomic E-state index is 0.467. The van der Waals surface area contributed by atoms with Crippen LogP contribution in [0.25, 0.3) is 0 Å². The molecule has 1 rings (SSSR count). The molecule has 0 radical (unpaired) electrons. The zero-order valence-corrected chi connectivity index (χ0v) is 13.8. The molecule has 114 valence electrons. The Morgan fingerprint density at radius 2 is 1.95 bits per heavy atom. The average molecular weight is 269 g/mol. The Morgan fingerprint density at radius 1 is 1.21 bits per heavy atom. The third-order valence-corrected chi connectivity index (χ3v) is 4.79. The SMILES string of the molecule is CCCNC1CCC(C(C)(C)C)CC1CCCOC. The van der Waals surface area contributed by atoms with Crippen LogP contribution >= 0.6 is 0 Å². The van der Waals surface area contributed by atoms with E-state index in [1.165, 1.54) is 45.1 Å². The van der Waals surface area contributed by atoms with Crippen molar-refractivity contribution >= 4 is 0 Å². The maximum absolute atomic E-state index is 5.22. The van der Waals surface area contributed by atoms with Crippen LogP contribution in [-0.4, -0.2) is 26.3 Å². The summed E-state index contributed by atoms with van der Waals surface area (Å²) in [6.07, 6.45) is 7.92. The van der Waals surface area contributed by atoms with Gasteiger partial charge in [0.2, 0.25) is 0 Å². The average Bonchev–Trinajstić information content (AvgIpc) is 2.36. The molecule has 1 fully saturated rings. The third kappa shape index (κ3) is 5.83. The first-order chi connectivity index (χ1) is 8.99. The van der Waals surface area contributed by atoms with Crippen molar-refractivity contribution in [2.24, 2.45) is 17.3 Å². The van der Waals surface area contributed by atoms with Crippen LogP contribution in [0.5, 0.6) is 0 Å². The lowest BCUT2D eigenvalue weighted by atomic mass is 9.66. The van der Waals surface area contributed by atoms with Crippen LogP contribution in [0, 0.1) is 17.3 Å². The summed E-state index contributed by atoms with van der Waals surface area (Å²) < 4.78 is 5.22. The summed E-state index contributed by atoms with van der Waals surface area (Å²) in [5.74, 6) is 1.74. The van der Waals surface area contributed by atoms with Gasteiger partial charge >= 0.3 is 0 Å². The normalized spacial score (nSPS) is 28.6. The van der Waals surface area contributed by atoms with Gasteiger partial charge in [0.05, 0.1) is 0 Å². The molecule has 1 N–H and O–H groups in total. The Hall–Kier alpha value is -0.0800. The second-order valence-corrected chi connectivity index (χ2v) is 7.33. The molecular weight excluding hydrogens is 234 g/mol. The maximum atomic E-state index is 5.22. The van der Waals surface area contributed by atoms with Crippen molar-refractivity contribution in [3.8, 4) is 0 Å². The highest BCUT2D eigenvalue weighted by atomic mass is 16.5. The smallest absolute Gasteiger partial charge is 0.0462 e. The van der Waals surface area contributed by atoms with Gasteiger partial charge in [-0.15, -0.1) is 0 Å². The first-order valence-corrected chi connectivity index (χ1v) is 8.21. The van der Waals surface area contributed by atoms with Gasteiger partial charge in [0, 0.05) is 19.8 Å². The molecule has 3 atom stereocenters. The Bertz CT molecular complexity index is 234. The zero-order valence-electron chi connectivity index (χ0n) is 13.8. The van der Waals surface area contributed by atoms with Crippen molar-refractivity contribution in [2.75, 3.05) is 20.3 Å². The third-order valence-electron chi connectivity index (χ3n) is 4.79. The molecule has 2 heteroatoms. The predicted octanol–water partition coefficient (Wildman–Crippen LogP) is 4.24. The van der Waals surface area contributed by atoms with Crippen LogP contribution in [0.3, 0.4) is 0 Å². The van der Waals surface area contributed by atoms with Crippen molar-refractivity contribution in [2.45, 2.75) is 72.3 Å². The molecule has 3 unspecified atom stereocenters. The number of methoxy groups -OCH3 is 1. The molecule has 1 aliphatic rings. The number of ether oxygens (including phenoxy) is 1. The van der Waals surface area contributed by atoms with Gasteiger partial charge in [-0.2, -0.15) is 0 Å². The van der Waals surface area contributed by atoms with Crippen molar-refractivity contribution in [1.29, 1.82) is 0 Å². The van der Waals surface area contributed by atoms with E-state index in [0.717, 1.165) is 24.5 Å². The van der Waals surface area contributed by atoms with Gasteiger partial charge in [-0.1, -0.05) is 27.7 Å². The fraction of sp³-hybridized carbons (Fsp3) is 1.00. The van der Waals surface area contributed by atoms with E-state index in [1.807, 2.05) is 7.11 Å². The molecule has 0 aromatic heterocycles. The summed E-state index contributed by atoms with van der Waals surface area (Å²) >= 11 is 0. The largest absolute Gasteiger partial charge is 0.385 e. The molecule has 0 aromatic carbocycles. The van der Waals surface area contributed by atoms with Gasteiger partial charge in [0.15, 0.2) is 0 Å². The quantitative estimate of drug-likeness (QED) is 0.698. The number of hydrogen-bond acceptors (Lipinski definition) is 2. The second-order valence-electron chi connectivity index (χ2n) is 7.33. The highest BCUT2D eigenvalue weighted by Gasteiger charge is 2.35. The van der Waals surface area contributed by atoms with E-state index in [2.05, 4.69) is 33.0 Å². The summed E-state index contributed by atoms with van der Waals surface area (Å²) in [6, 6.07) is 0.746. The van der Waals surface area contributed by atoms with E-state index in [0.29, 0.717) is 5.41 Å². The van der Waals surface area contributed by atoms with Crippen molar-refractivity contribution in [3.63, 3.8) is 0 Å². The molecule has 0 aromatic rings. The van der Waals surface area contributed by atoms with Crippen LogP contribution in [0.4, 0.5) is 0 Å². The van der Waals surface area contributed by atoms with Gasteiger partial charge in [0.25, 0.3) is 0 Å². The predicted molar refractivity (Wildman–Crippen MR) is 83.5 cm³/mol. The molecule has 0 heterocycles. The Balaban J connectivity index is 2.52. The molecule has 0 saturated heterocycles. The summed E-state index contributed by atoms with van der Waals surface area (Å²) in [4.78, 5) is 0. The molecule has 1 aliphatic carbocycles. The minimum absolute atomic E-state index is 0.467. The Labute approximate surface area is 120 Å². The monoisotopic (exact) mass is 269 g/mol. The second kappa shape index (κ2) is 8.26. The fourth-order valence-corrected chi connectivity index (χ4v) is 3.46.